The van der Waals surface area contributed by atoms with Crippen molar-refractivity contribution in [2.45, 2.75) is 51.5 Å². The van der Waals surface area contributed by atoms with E-state index in [0.717, 1.165) is 22.3 Å². The Morgan fingerprint density at radius 2 is 1.68 bits per heavy atom. The molecule has 180 valence electrons. The topological polar surface area (TPSA) is 95.9 Å². The van der Waals surface area contributed by atoms with E-state index in [1.807, 2.05) is 24.3 Å². The van der Waals surface area contributed by atoms with Crippen molar-refractivity contribution in [3.63, 3.8) is 0 Å². The van der Waals surface area contributed by atoms with Gasteiger partial charge < -0.3 is 20.1 Å². The Bertz CT molecular complexity index is 1070. The van der Waals surface area contributed by atoms with Crippen molar-refractivity contribution in [2.75, 3.05) is 19.7 Å². The number of hydrogen-bond donors (Lipinski definition) is 2. The summed E-state index contributed by atoms with van der Waals surface area (Å²) >= 11 is 0. The van der Waals surface area contributed by atoms with Gasteiger partial charge in [-0.2, -0.15) is 0 Å². The van der Waals surface area contributed by atoms with Crippen LogP contribution in [0.25, 0.3) is 11.1 Å². The van der Waals surface area contributed by atoms with Crippen LogP contribution in [0.4, 0.5) is 4.79 Å². The fourth-order valence-electron chi connectivity index (χ4n) is 5.30. The van der Waals surface area contributed by atoms with Crippen LogP contribution in [-0.2, 0) is 14.3 Å². The first-order valence-corrected chi connectivity index (χ1v) is 11.9. The van der Waals surface area contributed by atoms with Crippen LogP contribution in [0.3, 0.4) is 0 Å². The lowest BCUT2D eigenvalue weighted by Gasteiger charge is -2.38. The minimum Gasteiger partial charge on any atom is -0.479 e. The number of carboxylic acids is 1. The second-order valence-electron chi connectivity index (χ2n) is 9.81. The zero-order valence-electron chi connectivity index (χ0n) is 20.0. The van der Waals surface area contributed by atoms with Gasteiger partial charge in [0.2, 0.25) is 5.91 Å². The maximum absolute atomic E-state index is 13.3. The van der Waals surface area contributed by atoms with Gasteiger partial charge in [-0.3, -0.25) is 4.79 Å². The molecule has 2 aliphatic rings. The summed E-state index contributed by atoms with van der Waals surface area (Å²) < 4.78 is 5.57. The van der Waals surface area contributed by atoms with Crippen molar-refractivity contribution in [1.29, 1.82) is 0 Å². The van der Waals surface area contributed by atoms with Gasteiger partial charge in [0.1, 0.15) is 12.1 Å². The molecule has 0 bridgehead atoms. The lowest BCUT2D eigenvalue weighted by Crippen LogP contribution is -2.57. The molecule has 1 fully saturated rings. The first-order chi connectivity index (χ1) is 16.2. The second kappa shape index (κ2) is 9.12. The molecule has 0 aromatic heterocycles. The molecule has 4 rings (SSSR count). The van der Waals surface area contributed by atoms with E-state index in [2.05, 4.69) is 29.6 Å². The molecule has 0 radical (unpaired) electrons. The first kappa shape index (κ1) is 23.8. The molecule has 2 amide bonds. The van der Waals surface area contributed by atoms with Crippen molar-refractivity contribution in [3.05, 3.63) is 59.7 Å². The SMILES string of the molecule is CCC1(C(=O)O)CCCN1C(=O)C(C)(C)CNC(=O)OCC1c2ccccc2-c2ccccc21. The highest BCUT2D eigenvalue weighted by Gasteiger charge is 2.51. The number of alkyl carbamates (subject to hydrolysis) is 1. The molecule has 2 aromatic carbocycles. The van der Waals surface area contributed by atoms with E-state index >= 15 is 0 Å². The average Bonchev–Trinajstić information content (AvgIpc) is 3.41. The number of nitrogens with one attached hydrogen (secondary N) is 1. The smallest absolute Gasteiger partial charge is 0.407 e. The number of amides is 2. The monoisotopic (exact) mass is 464 g/mol. The summed E-state index contributed by atoms with van der Waals surface area (Å²) in [5.41, 5.74) is 2.44. The molecule has 0 spiro atoms. The van der Waals surface area contributed by atoms with Crippen molar-refractivity contribution in [3.8, 4) is 11.1 Å². The zero-order chi connectivity index (χ0) is 24.5. The Morgan fingerprint density at radius 3 is 2.24 bits per heavy atom. The van der Waals surface area contributed by atoms with Gasteiger partial charge in [-0.1, -0.05) is 55.5 Å². The van der Waals surface area contributed by atoms with Gasteiger partial charge in [0, 0.05) is 19.0 Å². The van der Waals surface area contributed by atoms with Gasteiger partial charge in [0.05, 0.1) is 5.41 Å². The third-order valence-electron chi connectivity index (χ3n) is 7.31. The van der Waals surface area contributed by atoms with Crippen LogP contribution in [0.5, 0.6) is 0 Å². The van der Waals surface area contributed by atoms with Crippen LogP contribution in [0, 0.1) is 5.41 Å². The number of hydrogen-bond acceptors (Lipinski definition) is 4. The number of aliphatic carboxylic acids is 1. The van der Waals surface area contributed by atoms with Crippen LogP contribution >= 0.6 is 0 Å². The fourth-order valence-corrected chi connectivity index (χ4v) is 5.30. The molecule has 34 heavy (non-hydrogen) atoms. The summed E-state index contributed by atoms with van der Waals surface area (Å²) in [7, 11) is 0. The molecule has 1 unspecified atom stereocenters. The van der Waals surface area contributed by atoms with Crippen LogP contribution in [0.1, 0.15) is 57.1 Å². The van der Waals surface area contributed by atoms with Gasteiger partial charge in [-0.25, -0.2) is 9.59 Å². The van der Waals surface area contributed by atoms with E-state index in [1.54, 1.807) is 20.8 Å². The van der Waals surface area contributed by atoms with E-state index in [0.29, 0.717) is 25.8 Å². The van der Waals surface area contributed by atoms with E-state index in [-0.39, 0.29) is 25.0 Å². The number of fused-ring (bicyclic) bond motifs is 3. The zero-order valence-corrected chi connectivity index (χ0v) is 20.0. The molecule has 7 nitrogen and oxygen atoms in total. The standard InChI is InChI=1S/C27H32N2O5/c1-4-27(24(31)32)14-9-15-29(27)23(30)26(2,3)17-28-25(33)34-16-22-20-12-7-5-10-18(20)19-11-6-8-13-21(19)22/h5-8,10-13,22H,4,9,14-17H2,1-3H3,(H,28,33)(H,31,32). The van der Waals surface area contributed by atoms with Crippen LogP contribution in [0.15, 0.2) is 48.5 Å². The summed E-state index contributed by atoms with van der Waals surface area (Å²) in [6, 6.07) is 16.2. The average molecular weight is 465 g/mol. The molecule has 1 heterocycles. The molecule has 0 saturated carbocycles. The second-order valence-corrected chi connectivity index (χ2v) is 9.81. The minimum absolute atomic E-state index is 0.0434. The summed E-state index contributed by atoms with van der Waals surface area (Å²) in [6.07, 6.45) is 0.857. The maximum atomic E-state index is 13.3. The van der Waals surface area contributed by atoms with Gasteiger partial charge in [-0.05, 0) is 55.4 Å². The van der Waals surface area contributed by atoms with Crippen molar-refractivity contribution in [2.24, 2.45) is 5.41 Å². The largest absolute Gasteiger partial charge is 0.479 e. The van der Waals surface area contributed by atoms with Gasteiger partial charge in [0.15, 0.2) is 0 Å². The Morgan fingerprint density at radius 1 is 1.09 bits per heavy atom. The molecule has 2 N–H and O–H groups in total. The van der Waals surface area contributed by atoms with E-state index in [9.17, 15) is 19.5 Å². The number of nitrogens with zero attached hydrogens (tertiary/aromatic N) is 1. The highest BCUT2D eigenvalue weighted by Crippen LogP contribution is 2.44. The third kappa shape index (κ3) is 4.04. The molecule has 1 saturated heterocycles. The lowest BCUT2D eigenvalue weighted by molar-refractivity contribution is -0.160. The number of ether oxygens (including phenoxy) is 1. The summed E-state index contributed by atoms with van der Waals surface area (Å²) in [5, 5.41) is 12.5. The third-order valence-corrected chi connectivity index (χ3v) is 7.31. The molecule has 1 aliphatic carbocycles. The van der Waals surface area contributed by atoms with Gasteiger partial charge in [0.25, 0.3) is 0 Å². The highest BCUT2D eigenvalue weighted by atomic mass is 16.5. The van der Waals surface area contributed by atoms with E-state index in [1.165, 1.54) is 4.90 Å². The minimum atomic E-state index is -1.17. The number of likely N-dealkylation sites (tertiary alicyclic amines) is 1. The summed E-state index contributed by atoms with van der Waals surface area (Å²) in [5.74, 6) is -1.28. The predicted octanol–water partition coefficient (Wildman–Crippen LogP) is 4.41. The van der Waals surface area contributed by atoms with Crippen LogP contribution in [0.2, 0.25) is 0 Å². The number of carboxylic acid groups (broad SMARTS) is 1. The van der Waals surface area contributed by atoms with E-state index < -0.39 is 23.0 Å². The number of benzene rings is 2. The normalized spacial score (nSPS) is 19.4. The number of carbonyl (C=O) groups is 3. The molecule has 7 heteroatoms. The van der Waals surface area contributed by atoms with Crippen molar-refractivity contribution in [1.82, 2.24) is 10.2 Å². The first-order valence-electron chi connectivity index (χ1n) is 11.9. The van der Waals surface area contributed by atoms with Gasteiger partial charge >= 0.3 is 12.1 Å². The van der Waals surface area contributed by atoms with E-state index in [4.69, 9.17) is 4.74 Å². The van der Waals surface area contributed by atoms with Crippen LogP contribution in [-0.4, -0.2) is 53.2 Å². The number of carbonyl (C=O) groups excluding carboxylic acids is 2. The summed E-state index contributed by atoms with van der Waals surface area (Å²) in [4.78, 5) is 39.3. The van der Waals surface area contributed by atoms with Crippen LogP contribution < -0.4 is 5.32 Å². The number of rotatable bonds is 7. The van der Waals surface area contributed by atoms with Crippen molar-refractivity contribution >= 4 is 18.0 Å². The predicted molar refractivity (Wildman–Crippen MR) is 128 cm³/mol. The highest BCUT2D eigenvalue weighted by molar-refractivity contribution is 5.90. The quantitative estimate of drug-likeness (QED) is 0.633. The Labute approximate surface area is 200 Å². The molecule has 2 aromatic rings. The van der Waals surface area contributed by atoms with Crippen molar-refractivity contribution < 1.29 is 24.2 Å². The van der Waals surface area contributed by atoms with Gasteiger partial charge in [-0.15, -0.1) is 0 Å². The molecular formula is C27H32N2O5. The Hall–Kier alpha value is -3.35. The fraction of sp³-hybridized carbons (Fsp3) is 0.444. The Balaban J connectivity index is 1.38. The molecule has 1 atom stereocenters. The molecular weight excluding hydrogens is 432 g/mol. The summed E-state index contributed by atoms with van der Waals surface area (Å²) in [6.45, 7) is 5.89. The maximum Gasteiger partial charge on any atom is 0.407 e. The molecule has 1 aliphatic heterocycles. The Kier molecular flexibility index (Phi) is 6.39. The lowest BCUT2D eigenvalue weighted by atomic mass is 9.87.